The molecule has 0 atom stereocenters. The number of nitrogens with zero attached hydrogens (tertiary/aromatic N) is 4. The second-order valence-corrected chi connectivity index (χ2v) is 4.37. The smallest absolute Gasteiger partial charge is 0.134 e. The van der Waals surface area contributed by atoms with Gasteiger partial charge in [-0.2, -0.15) is 0 Å². The summed E-state index contributed by atoms with van der Waals surface area (Å²) in [4.78, 5) is 12.3. The molecule has 2 aromatic heterocycles. The van der Waals surface area contributed by atoms with Gasteiger partial charge in [-0.1, -0.05) is 6.92 Å². The first-order chi connectivity index (χ1) is 9.31. The van der Waals surface area contributed by atoms with E-state index in [1.165, 1.54) is 6.33 Å². The molecule has 0 spiro atoms. The molecule has 0 aromatic carbocycles. The van der Waals surface area contributed by atoms with Gasteiger partial charge in [0.1, 0.15) is 18.0 Å². The van der Waals surface area contributed by atoms with E-state index in [4.69, 9.17) is 5.73 Å². The van der Waals surface area contributed by atoms with Crippen LogP contribution in [0.1, 0.15) is 25.3 Å². The molecule has 2 heterocycles. The molecule has 0 aliphatic rings. The molecule has 0 aliphatic carbocycles. The molecule has 0 unspecified atom stereocenters. The maximum Gasteiger partial charge on any atom is 0.134 e. The molecule has 2 rings (SSSR count). The Morgan fingerprint density at radius 3 is 2.95 bits per heavy atom. The van der Waals surface area contributed by atoms with E-state index in [1.54, 1.807) is 6.20 Å². The highest BCUT2D eigenvalue weighted by molar-refractivity contribution is 5.54. The molecule has 6 heteroatoms. The second kappa shape index (κ2) is 6.72. The minimum atomic E-state index is 0.568. The number of aryl methyl sites for hydroxylation is 1. The molecule has 0 saturated heterocycles. The number of hydrogen-bond acceptors (Lipinski definition) is 5. The molecular formula is C13H20N6. The first kappa shape index (κ1) is 13.3. The van der Waals surface area contributed by atoms with E-state index in [-0.39, 0.29) is 0 Å². The zero-order valence-electron chi connectivity index (χ0n) is 11.2. The Morgan fingerprint density at radius 2 is 2.21 bits per heavy atom. The third-order valence-electron chi connectivity index (χ3n) is 3.03. The van der Waals surface area contributed by atoms with Gasteiger partial charge in [0, 0.05) is 31.0 Å². The fourth-order valence-electron chi connectivity index (χ4n) is 1.97. The van der Waals surface area contributed by atoms with Crippen molar-refractivity contribution in [1.82, 2.24) is 19.5 Å². The Labute approximate surface area is 113 Å². The molecule has 0 bridgehead atoms. The van der Waals surface area contributed by atoms with E-state index in [0.29, 0.717) is 5.82 Å². The highest BCUT2D eigenvalue weighted by Crippen LogP contribution is 2.17. The Kier molecular flexibility index (Phi) is 4.72. The molecule has 0 amide bonds. The first-order valence-corrected chi connectivity index (χ1v) is 6.60. The van der Waals surface area contributed by atoms with Gasteiger partial charge in [0.25, 0.3) is 0 Å². The van der Waals surface area contributed by atoms with Crippen LogP contribution >= 0.6 is 0 Å². The van der Waals surface area contributed by atoms with Crippen molar-refractivity contribution in [3.8, 4) is 0 Å². The van der Waals surface area contributed by atoms with Crippen LogP contribution in [-0.4, -0.2) is 26.1 Å². The van der Waals surface area contributed by atoms with Gasteiger partial charge in [-0.15, -0.1) is 0 Å². The second-order valence-electron chi connectivity index (χ2n) is 4.37. The molecule has 0 saturated carbocycles. The van der Waals surface area contributed by atoms with Gasteiger partial charge in [0.15, 0.2) is 0 Å². The SMILES string of the molecule is CCc1c(N)ncnc1NCCCCn1ccnc1. The van der Waals surface area contributed by atoms with Crippen LogP contribution < -0.4 is 11.1 Å². The molecule has 0 radical (unpaired) electrons. The monoisotopic (exact) mass is 260 g/mol. The lowest BCUT2D eigenvalue weighted by Gasteiger charge is -2.10. The molecule has 0 fully saturated rings. The lowest BCUT2D eigenvalue weighted by Crippen LogP contribution is -2.09. The van der Waals surface area contributed by atoms with E-state index in [9.17, 15) is 0 Å². The predicted octanol–water partition coefficient (Wildman–Crippen LogP) is 1.71. The van der Waals surface area contributed by atoms with Crippen molar-refractivity contribution in [2.45, 2.75) is 32.7 Å². The van der Waals surface area contributed by atoms with E-state index < -0.39 is 0 Å². The molecule has 2 aromatic rings. The lowest BCUT2D eigenvalue weighted by molar-refractivity contribution is 0.620. The summed E-state index contributed by atoms with van der Waals surface area (Å²) >= 11 is 0. The summed E-state index contributed by atoms with van der Waals surface area (Å²) in [5, 5.41) is 3.33. The highest BCUT2D eigenvalue weighted by atomic mass is 15.0. The number of unbranched alkanes of at least 4 members (excludes halogenated alkanes) is 1. The van der Waals surface area contributed by atoms with Gasteiger partial charge in [0.2, 0.25) is 0 Å². The molecule has 19 heavy (non-hydrogen) atoms. The summed E-state index contributed by atoms with van der Waals surface area (Å²) < 4.78 is 2.08. The normalized spacial score (nSPS) is 10.6. The van der Waals surface area contributed by atoms with E-state index in [2.05, 4.69) is 31.8 Å². The predicted molar refractivity (Wildman–Crippen MR) is 75.8 cm³/mol. The molecule has 3 N–H and O–H groups in total. The summed E-state index contributed by atoms with van der Waals surface area (Å²) in [6.07, 6.45) is 10.1. The maximum absolute atomic E-state index is 5.83. The number of nitrogens with two attached hydrogens (primary N) is 1. The van der Waals surface area contributed by atoms with Crippen molar-refractivity contribution in [3.63, 3.8) is 0 Å². The van der Waals surface area contributed by atoms with Crippen molar-refractivity contribution in [1.29, 1.82) is 0 Å². The van der Waals surface area contributed by atoms with Gasteiger partial charge in [-0.05, 0) is 19.3 Å². The van der Waals surface area contributed by atoms with Crippen molar-refractivity contribution >= 4 is 11.6 Å². The quantitative estimate of drug-likeness (QED) is 0.741. The summed E-state index contributed by atoms with van der Waals surface area (Å²) in [7, 11) is 0. The molecule has 6 nitrogen and oxygen atoms in total. The minimum absolute atomic E-state index is 0.568. The average molecular weight is 260 g/mol. The average Bonchev–Trinajstić information content (AvgIpc) is 2.92. The topological polar surface area (TPSA) is 81.6 Å². The molecule has 102 valence electrons. The van der Waals surface area contributed by atoms with Crippen LogP contribution in [0.5, 0.6) is 0 Å². The summed E-state index contributed by atoms with van der Waals surface area (Å²) in [6.45, 7) is 3.94. The number of hydrogen-bond donors (Lipinski definition) is 2. The van der Waals surface area contributed by atoms with Crippen LogP contribution in [0.4, 0.5) is 11.6 Å². The first-order valence-electron chi connectivity index (χ1n) is 6.60. The van der Waals surface area contributed by atoms with Crippen molar-refractivity contribution in [2.24, 2.45) is 0 Å². The van der Waals surface area contributed by atoms with Gasteiger partial charge < -0.3 is 15.6 Å². The lowest BCUT2D eigenvalue weighted by atomic mass is 10.2. The third-order valence-corrected chi connectivity index (χ3v) is 3.03. The fraction of sp³-hybridized carbons (Fsp3) is 0.462. The zero-order valence-corrected chi connectivity index (χ0v) is 11.2. The third kappa shape index (κ3) is 3.67. The molecular weight excluding hydrogens is 240 g/mol. The van der Waals surface area contributed by atoms with Crippen molar-refractivity contribution < 1.29 is 0 Å². The number of imidazole rings is 1. The van der Waals surface area contributed by atoms with Crippen molar-refractivity contribution in [3.05, 3.63) is 30.6 Å². The fourth-order valence-corrected chi connectivity index (χ4v) is 1.97. The Morgan fingerprint density at radius 1 is 1.32 bits per heavy atom. The van der Waals surface area contributed by atoms with Crippen LogP contribution in [0.25, 0.3) is 0 Å². The van der Waals surface area contributed by atoms with Gasteiger partial charge in [-0.25, -0.2) is 15.0 Å². The standard InChI is InChI=1S/C13H20N6/c1-2-11-12(14)17-9-18-13(11)16-5-3-4-7-19-8-6-15-10-19/h6,8-10H,2-5,7H2,1H3,(H3,14,16,17,18). The number of aromatic nitrogens is 4. The largest absolute Gasteiger partial charge is 0.383 e. The van der Waals surface area contributed by atoms with Gasteiger partial charge in [0.05, 0.1) is 6.33 Å². The number of rotatable bonds is 7. The van der Waals surface area contributed by atoms with Crippen LogP contribution in [0.2, 0.25) is 0 Å². The summed E-state index contributed by atoms with van der Waals surface area (Å²) in [6, 6.07) is 0. The minimum Gasteiger partial charge on any atom is -0.383 e. The van der Waals surface area contributed by atoms with Gasteiger partial charge in [-0.3, -0.25) is 0 Å². The maximum atomic E-state index is 5.83. The van der Waals surface area contributed by atoms with Crippen LogP contribution in [0.15, 0.2) is 25.0 Å². The summed E-state index contributed by atoms with van der Waals surface area (Å²) in [5.41, 5.74) is 6.82. The zero-order chi connectivity index (χ0) is 13.5. The van der Waals surface area contributed by atoms with Crippen LogP contribution in [-0.2, 0) is 13.0 Å². The highest BCUT2D eigenvalue weighted by Gasteiger charge is 2.05. The van der Waals surface area contributed by atoms with Crippen molar-refractivity contribution in [2.75, 3.05) is 17.6 Å². The Hall–Kier alpha value is -2.11. The van der Waals surface area contributed by atoms with Crippen LogP contribution in [0, 0.1) is 0 Å². The van der Waals surface area contributed by atoms with Crippen LogP contribution in [0.3, 0.4) is 0 Å². The number of nitrogen functional groups attached to an aromatic ring is 1. The number of nitrogens with one attached hydrogen (secondary N) is 1. The number of anilines is 2. The van der Waals surface area contributed by atoms with E-state index in [1.807, 2.05) is 12.5 Å². The summed E-state index contributed by atoms with van der Waals surface area (Å²) in [5.74, 6) is 1.43. The Balaban J connectivity index is 1.75. The van der Waals surface area contributed by atoms with E-state index in [0.717, 1.165) is 43.7 Å². The van der Waals surface area contributed by atoms with E-state index >= 15 is 0 Å². The molecule has 0 aliphatic heterocycles. The van der Waals surface area contributed by atoms with Gasteiger partial charge >= 0.3 is 0 Å². The Bertz CT molecular complexity index is 494.